The number of benzene rings is 1. The number of carbonyl (C=O) groups is 3. The van der Waals surface area contributed by atoms with Gasteiger partial charge in [-0.15, -0.1) is 34.4 Å². The molecule has 2 aromatic heterocycles. The van der Waals surface area contributed by atoms with Crippen molar-refractivity contribution >= 4 is 85.0 Å². The molecule has 0 aliphatic carbocycles. The smallest absolute Gasteiger partial charge is 0.549 e. The number of oxime groups is 1. The maximum atomic E-state index is 12.9. The topological polar surface area (TPSA) is 163 Å². The first-order valence-electron chi connectivity index (χ1n) is 10.1. The molecule has 0 saturated carbocycles. The second-order valence-electron chi connectivity index (χ2n) is 7.64. The molecule has 36 heavy (non-hydrogen) atoms. The van der Waals surface area contributed by atoms with Crippen LogP contribution in [-0.2, 0) is 19.2 Å². The van der Waals surface area contributed by atoms with Crippen molar-refractivity contribution in [3.8, 4) is 0 Å². The van der Waals surface area contributed by atoms with Gasteiger partial charge in [-0.05, 0) is 12.1 Å². The minimum atomic E-state index is -1.36. The van der Waals surface area contributed by atoms with Gasteiger partial charge in [-0.3, -0.25) is 9.59 Å². The molecule has 4 heterocycles. The standard InChI is InChI=1S/C20H18N6O5S4.Na/c1-31-25-12(10-6-32-18(21)22-10)14(27)24-13-15(28)26-7-20(17(29)30,8-33-16(13)26)35-19-23-9-4-2-3-5-11(9)34-19;/h2-6,13,16H,7-8H2,1H3,(H2,21,22)(H,24,27)(H,29,30);/q;+1/p-1/t13?,16-,20?;/m1./s1. The van der Waals surface area contributed by atoms with Gasteiger partial charge < -0.3 is 30.7 Å². The monoisotopic (exact) mass is 572 g/mol. The average molecular weight is 573 g/mol. The fraction of sp³-hybridized carbons (Fsp3) is 0.300. The molecular formula is C20H17N6NaO5S4. The summed E-state index contributed by atoms with van der Waals surface area (Å²) < 4.78 is 0.179. The number of carbonyl (C=O) groups excluding carboxylic acids is 3. The number of carboxylic acid groups (broad SMARTS) is 1. The number of nitrogens with one attached hydrogen (secondary N) is 1. The van der Waals surface area contributed by atoms with Crippen molar-refractivity contribution in [2.75, 3.05) is 25.1 Å². The summed E-state index contributed by atoms with van der Waals surface area (Å²) in [5.41, 5.74) is 6.55. The Morgan fingerprint density at radius 3 is 2.81 bits per heavy atom. The number of nitrogen functional groups attached to an aromatic ring is 1. The zero-order valence-electron chi connectivity index (χ0n) is 19.0. The van der Waals surface area contributed by atoms with Crippen LogP contribution >= 0.6 is 46.2 Å². The summed E-state index contributed by atoms with van der Waals surface area (Å²) in [7, 11) is 1.29. The largest absolute Gasteiger partial charge is 1.00 e. The molecule has 11 nitrogen and oxygen atoms in total. The first kappa shape index (κ1) is 27.2. The van der Waals surface area contributed by atoms with Crippen LogP contribution in [0, 0.1) is 0 Å². The van der Waals surface area contributed by atoms with E-state index >= 15 is 0 Å². The Morgan fingerprint density at radius 1 is 1.36 bits per heavy atom. The molecule has 2 unspecified atom stereocenters. The number of thiazole rings is 2. The second-order valence-corrected chi connectivity index (χ2v) is 12.3. The molecule has 2 aliphatic heterocycles. The van der Waals surface area contributed by atoms with Gasteiger partial charge in [0.2, 0.25) is 5.91 Å². The van der Waals surface area contributed by atoms with E-state index in [0.29, 0.717) is 4.34 Å². The first-order valence-corrected chi connectivity index (χ1v) is 13.7. The third kappa shape index (κ3) is 4.97. The first-order chi connectivity index (χ1) is 16.8. The van der Waals surface area contributed by atoms with Crippen LogP contribution < -0.4 is 45.7 Å². The van der Waals surface area contributed by atoms with Gasteiger partial charge >= 0.3 is 29.6 Å². The number of anilines is 1. The van der Waals surface area contributed by atoms with Crippen LogP contribution in [0.4, 0.5) is 5.13 Å². The summed E-state index contributed by atoms with van der Waals surface area (Å²) in [4.78, 5) is 52.7. The Bertz CT molecular complexity index is 1330. The van der Waals surface area contributed by atoms with Crippen LogP contribution in [0.15, 0.2) is 39.1 Å². The maximum Gasteiger partial charge on any atom is 1.00 e. The minimum Gasteiger partial charge on any atom is -0.549 e. The Kier molecular flexibility index (Phi) is 8.19. The molecule has 5 rings (SSSR count). The van der Waals surface area contributed by atoms with E-state index in [-0.39, 0.29) is 64.3 Å². The molecule has 3 aromatic rings. The summed E-state index contributed by atoms with van der Waals surface area (Å²) in [6, 6.07) is 6.70. The van der Waals surface area contributed by atoms with Crippen molar-refractivity contribution in [2.45, 2.75) is 20.5 Å². The van der Waals surface area contributed by atoms with Gasteiger partial charge in [-0.2, -0.15) is 0 Å². The third-order valence-corrected chi connectivity index (χ3v) is 10.2. The number of hydrogen-bond acceptors (Lipinski definition) is 13. The van der Waals surface area contributed by atoms with Gasteiger partial charge in [0, 0.05) is 17.7 Å². The number of hydrogen-bond donors (Lipinski definition) is 2. The summed E-state index contributed by atoms with van der Waals surface area (Å²) in [6.45, 7) is -0.0551. The van der Waals surface area contributed by atoms with Crippen molar-refractivity contribution in [3.05, 3.63) is 35.3 Å². The van der Waals surface area contributed by atoms with E-state index < -0.39 is 28.0 Å². The number of thioether (sulfide) groups is 2. The Morgan fingerprint density at radius 2 is 2.14 bits per heavy atom. The number of rotatable bonds is 7. The van der Waals surface area contributed by atoms with E-state index in [4.69, 9.17) is 10.6 Å². The zero-order valence-corrected chi connectivity index (χ0v) is 24.3. The maximum absolute atomic E-state index is 12.9. The van der Waals surface area contributed by atoms with Gasteiger partial charge in [-0.25, -0.2) is 9.97 Å². The number of fused-ring (bicyclic) bond motifs is 2. The molecule has 0 radical (unpaired) electrons. The summed E-state index contributed by atoms with van der Waals surface area (Å²) in [6.07, 6.45) is 0. The Balaban J connectivity index is 0.00000304. The fourth-order valence-corrected chi connectivity index (χ4v) is 8.49. The molecule has 182 valence electrons. The van der Waals surface area contributed by atoms with E-state index in [1.165, 1.54) is 35.1 Å². The van der Waals surface area contributed by atoms with Crippen LogP contribution in [0.3, 0.4) is 0 Å². The summed E-state index contributed by atoms with van der Waals surface area (Å²) >= 11 is 4.91. The molecule has 3 N–H and O–H groups in total. The van der Waals surface area contributed by atoms with Crippen molar-refractivity contribution in [3.63, 3.8) is 0 Å². The molecule has 16 heteroatoms. The molecule has 1 aromatic carbocycles. The summed E-state index contributed by atoms with van der Waals surface area (Å²) in [5.74, 6) is -2.11. The van der Waals surface area contributed by atoms with Crippen LogP contribution in [0.25, 0.3) is 10.2 Å². The van der Waals surface area contributed by atoms with Crippen molar-refractivity contribution < 1.29 is 53.9 Å². The molecule has 3 atom stereocenters. The third-order valence-electron chi connectivity index (χ3n) is 5.43. The molecule has 2 aliphatic rings. The van der Waals surface area contributed by atoms with Crippen LogP contribution in [0.2, 0.25) is 0 Å². The van der Waals surface area contributed by atoms with Gasteiger partial charge in [-0.1, -0.05) is 29.1 Å². The van der Waals surface area contributed by atoms with E-state index in [0.717, 1.165) is 33.3 Å². The Hall–Kier alpha value is -1.88. The normalized spacial score (nSPS) is 23.4. The number of aromatic nitrogens is 2. The number of aliphatic carboxylic acids is 1. The van der Waals surface area contributed by atoms with Gasteiger partial charge in [0.1, 0.15) is 24.2 Å². The van der Waals surface area contributed by atoms with E-state index in [1.54, 1.807) is 5.38 Å². The summed E-state index contributed by atoms with van der Waals surface area (Å²) in [5, 5.41) is 20.0. The number of amides is 2. The average Bonchev–Trinajstić information content (AvgIpc) is 3.45. The van der Waals surface area contributed by atoms with Crippen molar-refractivity contribution in [1.82, 2.24) is 20.2 Å². The zero-order chi connectivity index (χ0) is 24.7. The van der Waals surface area contributed by atoms with Gasteiger partial charge in [0.25, 0.3) is 5.91 Å². The molecule has 0 bridgehead atoms. The molecule has 2 amide bonds. The van der Waals surface area contributed by atoms with Gasteiger partial charge in [0.05, 0.1) is 20.9 Å². The van der Waals surface area contributed by atoms with Crippen molar-refractivity contribution in [2.24, 2.45) is 5.16 Å². The van der Waals surface area contributed by atoms with Crippen LogP contribution in [-0.4, -0.2) is 73.9 Å². The van der Waals surface area contributed by atoms with Gasteiger partial charge in [0.15, 0.2) is 15.2 Å². The van der Waals surface area contributed by atoms with Crippen LogP contribution in [0.1, 0.15) is 5.69 Å². The molecular weight excluding hydrogens is 556 g/mol. The van der Waals surface area contributed by atoms with E-state index in [9.17, 15) is 19.5 Å². The minimum absolute atomic E-state index is 0. The predicted molar refractivity (Wildman–Crippen MR) is 133 cm³/mol. The number of nitrogens with zero attached hydrogens (tertiary/aromatic N) is 4. The quantitative estimate of drug-likeness (QED) is 0.133. The molecule has 0 spiro atoms. The number of carboxylic acids is 1. The fourth-order valence-electron chi connectivity index (χ4n) is 3.74. The van der Waals surface area contributed by atoms with Crippen molar-refractivity contribution in [1.29, 1.82) is 0 Å². The Labute approximate surface area is 243 Å². The SMILES string of the molecule is CON=C(C(=O)NC1C(=O)N2CC(Sc3nc4ccccc4s3)(C(=O)[O-])CS[C@H]12)c1csc(N)n1.[Na+]. The van der Waals surface area contributed by atoms with Crippen LogP contribution in [0.5, 0.6) is 0 Å². The second kappa shape index (κ2) is 10.8. The predicted octanol–water partition coefficient (Wildman–Crippen LogP) is -2.63. The van der Waals surface area contributed by atoms with E-state index in [1.807, 2.05) is 24.3 Å². The number of nitrogens with two attached hydrogens (primary N) is 1. The van der Waals surface area contributed by atoms with E-state index in [2.05, 4.69) is 20.4 Å². The number of para-hydroxylation sites is 1. The molecule has 2 saturated heterocycles. The molecule has 2 fully saturated rings. The number of β-lactam (4-membered cyclic amide) rings is 1.